The Bertz CT molecular complexity index is 565. The number of ether oxygens (including phenoxy) is 2. The van der Waals surface area contributed by atoms with Gasteiger partial charge in [-0.1, -0.05) is 0 Å². The zero-order valence-corrected chi connectivity index (χ0v) is 19.2. The number of carboxylic acids is 2. The fourth-order valence-electron chi connectivity index (χ4n) is 1.94. The van der Waals surface area contributed by atoms with E-state index in [2.05, 4.69) is 0 Å². The van der Waals surface area contributed by atoms with Gasteiger partial charge in [0.15, 0.2) is 0 Å². The van der Waals surface area contributed by atoms with Crippen LogP contribution in [-0.4, -0.2) is 58.0 Å². The van der Waals surface area contributed by atoms with E-state index in [1.54, 1.807) is 0 Å². The average molecular weight is 390 g/mol. The summed E-state index contributed by atoms with van der Waals surface area (Å²) in [4.78, 5) is 21.4. The van der Waals surface area contributed by atoms with Crippen molar-refractivity contribution in [2.45, 2.75) is 30.7 Å². The zero-order chi connectivity index (χ0) is 16.4. The van der Waals surface area contributed by atoms with Crippen molar-refractivity contribution < 1.29 is 147 Å². The molecule has 0 saturated carbocycles. The second-order valence-electron chi connectivity index (χ2n) is 4.65. The predicted molar refractivity (Wildman–Crippen MR) is 63.1 cm³/mol. The molecule has 1 saturated heterocycles. The van der Waals surface area contributed by atoms with E-state index in [0.29, 0.717) is 0 Å². The van der Waals surface area contributed by atoms with Gasteiger partial charge in [-0.15, -0.1) is 0 Å². The third-order valence-corrected chi connectivity index (χ3v) is 3.14. The summed E-state index contributed by atoms with van der Waals surface area (Å²) in [5, 5.41) is 50.2. The van der Waals surface area contributed by atoms with Gasteiger partial charge in [0.25, 0.3) is 0 Å². The smallest absolute Gasteiger partial charge is 0.547 e. The molecule has 1 aromatic rings. The molecule has 0 bridgehead atoms. The maximum atomic E-state index is 10.8. The Kier molecular flexibility index (Phi) is 11.5. The van der Waals surface area contributed by atoms with Crippen LogP contribution in [0, 0.1) is 0 Å². The van der Waals surface area contributed by atoms with Crippen LogP contribution in [0.3, 0.4) is 0 Å². The number of carboxylic acid groups (broad SMARTS) is 2. The van der Waals surface area contributed by atoms with Crippen molar-refractivity contribution in [3.63, 3.8) is 0 Å². The van der Waals surface area contributed by atoms with Crippen LogP contribution in [0.25, 0.3) is 0 Å². The van der Waals surface area contributed by atoms with Crippen LogP contribution in [0.15, 0.2) is 24.3 Å². The maximum absolute atomic E-state index is 10.8. The number of aromatic carboxylic acids is 1. The van der Waals surface area contributed by atoms with Crippen molar-refractivity contribution in [2.75, 3.05) is 0 Å². The minimum Gasteiger partial charge on any atom is -0.547 e. The van der Waals surface area contributed by atoms with Gasteiger partial charge in [-0.05, 0) is 29.8 Å². The average Bonchev–Trinajstić information content (AvgIpc) is 2.48. The second-order valence-corrected chi connectivity index (χ2v) is 4.65. The molecule has 3 N–H and O–H groups in total. The summed E-state index contributed by atoms with van der Waals surface area (Å²) in [6, 6.07) is 4.79. The molecule has 1 fully saturated rings. The molecule has 0 amide bonds. The molecular formula is C13H12K2O9. The number of rotatable bonds is 4. The van der Waals surface area contributed by atoms with E-state index in [1.807, 2.05) is 0 Å². The summed E-state index contributed by atoms with van der Waals surface area (Å²) in [6.45, 7) is 0. The molecule has 1 unspecified atom stereocenters. The summed E-state index contributed by atoms with van der Waals surface area (Å²) < 4.78 is 10.0. The van der Waals surface area contributed by atoms with Crippen LogP contribution in [0.4, 0.5) is 0 Å². The number of aliphatic hydroxyl groups is 3. The molecule has 2 rings (SSSR count). The molecule has 1 aliphatic rings. The van der Waals surface area contributed by atoms with Crippen LogP contribution < -0.4 is 118 Å². The minimum absolute atomic E-state index is 0. The van der Waals surface area contributed by atoms with Crippen molar-refractivity contribution >= 4 is 11.9 Å². The first kappa shape index (κ1) is 25.1. The molecule has 1 aromatic carbocycles. The van der Waals surface area contributed by atoms with Gasteiger partial charge >= 0.3 is 103 Å². The molecule has 24 heavy (non-hydrogen) atoms. The number of carbonyl (C=O) groups is 2. The number of carbonyl (C=O) groups excluding carboxylic acids is 2. The van der Waals surface area contributed by atoms with Crippen molar-refractivity contribution in [3.8, 4) is 5.75 Å². The summed E-state index contributed by atoms with van der Waals surface area (Å²) in [7, 11) is 0. The van der Waals surface area contributed by atoms with Gasteiger partial charge < -0.3 is 44.6 Å². The Balaban J connectivity index is 0.00000264. The number of hydrogen-bond donors (Lipinski definition) is 3. The van der Waals surface area contributed by atoms with Crippen LogP contribution in [0.5, 0.6) is 5.75 Å². The largest absolute Gasteiger partial charge is 1.00 e. The van der Waals surface area contributed by atoms with Gasteiger partial charge in [-0.2, -0.15) is 0 Å². The molecule has 120 valence electrons. The third kappa shape index (κ3) is 6.06. The number of aliphatic carboxylic acids is 1. The van der Waals surface area contributed by atoms with Gasteiger partial charge in [0.05, 0.1) is 11.9 Å². The van der Waals surface area contributed by atoms with Crippen molar-refractivity contribution in [1.82, 2.24) is 0 Å². The van der Waals surface area contributed by atoms with E-state index >= 15 is 0 Å². The van der Waals surface area contributed by atoms with Gasteiger partial charge in [0, 0.05) is 0 Å². The number of benzene rings is 1. The van der Waals surface area contributed by atoms with E-state index in [1.165, 1.54) is 24.3 Å². The van der Waals surface area contributed by atoms with Crippen LogP contribution in [0.1, 0.15) is 10.4 Å². The fraction of sp³-hybridized carbons (Fsp3) is 0.385. The van der Waals surface area contributed by atoms with Crippen LogP contribution in [0.2, 0.25) is 0 Å². The number of hydrogen-bond acceptors (Lipinski definition) is 9. The van der Waals surface area contributed by atoms with E-state index in [0.717, 1.165) is 0 Å². The SMILES string of the molecule is O=C([O-])c1ccc(OC2O[C@H](C(=O)[O-])[C@@H](O)[C@H](O)[C@H]2O)cc1.[K+].[K+]. The first-order chi connectivity index (χ1) is 10.3. The summed E-state index contributed by atoms with van der Waals surface area (Å²) in [6.07, 6.45) is -8.88. The molecule has 9 nitrogen and oxygen atoms in total. The fourth-order valence-corrected chi connectivity index (χ4v) is 1.94. The maximum Gasteiger partial charge on any atom is 1.00 e. The molecular weight excluding hydrogens is 378 g/mol. The Labute approximate surface area is 221 Å². The quantitative estimate of drug-likeness (QED) is 0.424. The predicted octanol–water partition coefficient (Wildman–Crippen LogP) is -10.0. The molecule has 5 atom stereocenters. The second kappa shape index (κ2) is 11.0. The van der Waals surface area contributed by atoms with E-state index in [-0.39, 0.29) is 114 Å². The molecule has 0 radical (unpaired) electrons. The third-order valence-electron chi connectivity index (χ3n) is 3.14. The summed E-state index contributed by atoms with van der Waals surface area (Å²) >= 11 is 0. The monoisotopic (exact) mass is 390 g/mol. The Morgan fingerprint density at radius 1 is 0.958 bits per heavy atom. The van der Waals surface area contributed by atoms with Crippen molar-refractivity contribution in [3.05, 3.63) is 29.8 Å². The molecule has 1 aliphatic heterocycles. The molecule has 0 aliphatic carbocycles. The van der Waals surface area contributed by atoms with Gasteiger partial charge in [-0.3, -0.25) is 0 Å². The van der Waals surface area contributed by atoms with Crippen molar-refractivity contribution in [1.29, 1.82) is 0 Å². The van der Waals surface area contributed by atoms with Crippen LogP contribution >= 0.6 is 0 Å². The van der Waals surface area contributed by atoms with Crippen molar-refractivity contribution in [2.24, 2.45) is 0 Å². The number of aliphatic hydroxyl groups excluding tert-OH is 3. The standard InChI is InChI=1S/C13H14O9.2K/c14-7-8(15)10(12(19)20)22-13(9(7)16)21-6-3-1-5(2-4-6)11(17)18;;/h1-4,7-10,13-16H,(H,17,18)(H,19,20);;/q;2*+1/p-2/t7-,8-,9+,10-,13?;;/m0../s1. The topological polar surface area (TPSA) is 159 Å². The van der Waals surface area contributed by atoms with Gasteiger partial charge in [0.1, 0.15) is 30.2 Å². The minimum atomic E-state index is -1.88. The normalized spacial score (nSPS) is 28.9. The zero-order valence-electron chi connectivity index (χ0n) is 13.0. The van der Waals surface area contributed by atoms with Gasteiger partial charge in [0.2, 0.25) is 6.29 Å². The molecule has 1 heterocycles. The Hall–Kier alpha value is 1.07. The van der Waals surface area contributed by atoms with Crippen LogP contribution in [-0.2, 0) is 9.53 Å². The van der Waals surface area contributed by atoms with E-state index < -0.39 is 42.6 Å². The summed E-state index contributed by atoms with van der Waals surface area (Å²) in [5.41, 5.74) is -0.111. The molecule has 11 heteroatoms. The van der Waals surface area contributed by atoms with E-state index in [9.17, 15) is 35.1 Å². The van der Waals surface area contributed by atoms with Gasteiger partial charge in [-0.25, -0.2) is 0 Å². The molecule has 0 spiro atoms. The first-order valence-corrected chi connectivity index (χ1v) is 6.20. The molecule has 0 aromatic heterocycles. The first-order valence-electron chi connectivity index (χ1n) is 6.20. The van der Waals surface area contributed by atoms with E-state index in [4.69, 9.17) is 9.47 Å². The Morgan fingerprint density at radius 2 is 1.50 bits per heavy atom. The summed E-state index contributed by atoms with van der Waals surface area (Å²) in [5.74, 6) is -3.12. The Morgan fingerprint density at radius 3 is 1.96 bits per heavy atom.